The van der Waals surface area contributed by atoms with Gasteiger partial charge in [-0.1, -0.05) is 12.8 Å². The first-order valence-electron chi connectivity index (χ1n) is 6.81. The van der Waals surface area contributed by atoms with Crippen LogP contribution in [0.25, 0.3) is 0 Å². The third-order valence-electron chi connectivity index (χ3n) is 3.08. The van der Waals surface area contributed by atoms with Crippen molar-refractivity contribution in [1.82, 2.24) is 5.32 Å². The summed E-state index contributed by atoms with van der Waals surface area (Å²) in [5, 5.41) is 3.57. The van der Waals surface area contributed by atoms with Crippen LogP contribution in [0.1, 0.15) is 32.1 Å². The van der Waals surface area contributed by atoms with Crippen molar-refractivity contribution >= 4 is 0 Å². The standard InChI is InChI=1S/C13H27NO3/c1-15-9-10-17-12-11-16-8-6-13-5-3-2-4-7-14-13/h13-14H,2-12H2,1H3. The Labute approximate surface area is 105 Å². The van der Waals surface area contributed by atoms with Crippen LogP contribution in [0, 0.1) is 0 Å². The van der Waals surface area contributed by atoms with Gasteiger partial charge in [-0.2, -0.15) is 0 Å². The van der Waals surface area contributed by atoms with Gasteiger partial charge < -0.3 is 19.5 Å². The SMILES string of the molecule is COCCOCCOCCC1CCCCCN1. The first-order valence-corrected chi connectivity index (χ1v) is 6.81. The third kappa shape index (κ3) is 8.55. The maximum absolute atomic E-state index is 5.55. The molecule has 1 aliphatic heterocycles. The van der Waals surface area contributed by atoms with Crippen LogP contribution in [0.3, 0.4) is 0 Å². The van der Waals surface area contributed by atoms with E-state index in [2.05, 4.69) is 5.32 Å². The fourth-order valence-corrected chi connectivity index (χ4v) is 2.04. The third-order valence-corrected chi connectivity index (χ3v) is 3.08. The molecule has 1 N–H and O–H groups in total. The molecule has 1 saturated heterocycles. The fraction of sp³-hybridized carbons (Fsp3) is 1.00. The predicted octanol–water partition coefficient (Wildman–Crippen LogP) is 1.59. The van der Waals surface area contributed by atoms with Crippen molar-refractivity contribution in [3.8, 4) is 0 Å². The van der Waals surface area contributed by atoms with Crippen molar-refractivity contribution in [3.63, 3.8) is 0 Å². The van der Waals surface area contributed by atoms with Crippen molar-refractivity contribution in [2.45, 2.75) is 38.1 Å². The molecule has 4 heteroatoms. The van der Waals surface area contributed by atoms with E-state index in [0.717, 1.165) is 13.0 Å². The van der Waals surface area contributed by atoms with E-state index in [4.69, 9.17) is 14.2 Å². The Hall–Kier alpha value is -0.160. The van der Waals surface area contributed by atoms with E-state index in [0.29, 0.717) is 32.5 Å². The number of hydrogen-bond donors (Lipinski definition) is 1. The van der Waals surface area contributed by atoms with Crippen molar-refractivity contribution in [1.29, 1.82) is 0 Å². The molecule has 0 saturated carbocycles. The van der Waals surface area contributed by atoms with Crippen LogP contribution in [-0.4, -0.2) is 52.7 Å². The van der Waals surface area contributed by atoms with Gasteiger partial charge in [-0.25, -0.2) is 0 Å². The molecule has 1 unspecified atom stereocenters. The lowest BCUT2D eigenvalue weighted by Gasteiger charge is -2.15. The second kappa shape index (κ2) is 11.0. The van der Waals surface area contributed by atoms with E-state index in [1.54, 1.807) is 7.11 Å². The van der Waals surface area contributed by atoms with Gasteiger partial charge in [0.25, 0.3) is 0 Å². The van der Waals surface area contributed by atoms with Crippen LogP contribution >= 0.6 is 0 Å². The highest BCUT2D eigenvalue weighted by Gasteiger charge is 2.10. The highest BCUT2D eigenvalue weighted by Crippen LogP contribution is 2.10. The molecule has 0 aromatic carbocycles. The summed E-state index contributed by atoms with van der Waals surface area (Å²) in [7, 11) is 1.68. The molecule has 1 fully saturated rings. The second-order valence-corrected chi connectivity index (χ2v) is 4.51. The molecule has 1 aliphatic rings. The van der Waals surface area contributed by atoms with Gasteiger partial charge in [0.2, 0.25) is 0 Å². The van der Waals surface area contributed by atoms with Crippen LogP contribution in [-0.2, 0) is 14.2 Å². The molecule has 0 radical (unpaired) electrons. The van der Waals surface area contributed by atoms with Crippen molar-refractivity contribution in [2.75, 3.05) is 46.7 Å². The summed E-state index contributed by atoms with van der Waals surface area (Å²) in [6.45, 7) is 4.68. The van der Waals surface area contributed by atoms with Crippen LogP contribution in [0.15, 0.2) is 0 Å². The summed E-state index contributed by atoms with van der Waals surface area (Å²) < 4.78 is 15.8. The number of rotatable bonds is 9. The lowest BCUT2D eigenvalue weighted by Crippen LogP contribution is -2.29. The summed E-state index contributed by atoms with van der Waals surface area (Å²) in [4.78, 5) is 0. The van der Waals surface area contributed by atoms with E-state index in [1.165, 1.54) is 32.2 Å². The zero-order valence-electron chi connectivity index (χ0n) is 11.1. The molecule has 4 nitrogen and oxygen atoms in total. The first-order chi connectivity index (χ1) is 8.43. The normalized spacial score (nSPS) is 21.4. The van der Waals surface area contributed by atoms with Gasteiger partial charge in [0, 0.05) is 19.8 Å². The van der Waals surface area contributed by atoms with E-state index in [9.17, 15) is 0 Å². The number of ether oxygens (including phenoxy) is 3. The van der Waals surface area contributed by atoms with E-state index >= 15 is 0 Å². The predicted molar refractivity (Wildman–Crippen MR) is 68.4 cm³/mol. The van der Waals surface area contributed by atoms with Crippen molar-refractivity contribution in [2.24, 2.45) is 0 Å². The molecular weight excluding hydrogens is 218 g/mol. The highest BCUT2D eigenvalue weighted by molar-refractivity contribution is 4.70. The lowest BCUT2D eigenvalue weighted by atomic mass is 10.1. The molecule has 1 heterocycles. The van der Waals surface area contributed by atoms with Gasteiger partial charge in [-0.15, -0.1) is 0 Å². The fourth-order valence-electron chi connectivity index (χ4n) is 2.04. The van der Waals surface area contributed by atoms with Gasteiger partial charge in [0.1, 0.15) is 0 Å². The molecule has 0 bridgehead atoms. The Morgan fingerprint density at radius 1 is 0.941 bits per heavy atom. The minimum atomic E-state index is 0.657. The molecule has 0 spiro atoms. The quantitative estimate of drug-likeness (QED) is 0.626. The zero-order valence-corrected chi connectivity index (χ0v) is 11.1. The average molecular weight is 245 g/mol. The molecule has 102 valence electrons. The summed E-state index contributed by atoms with van der Waals surface area (Å²) >= 11 is 0. The Morgan fingerprint density at radius 3 is 2.53 bits per heavy atom. The summed E-state index contributed by atoms with van der Waals surface area (Å²) in [6.07, 6.45) is 6.48. The van der Waals surface area contributed by atoms with Gasteiger partial charge in [0.05, 0.1) is 26.4 Å². The molecule has 1 atom stereocenters. The van der Waals surface area contributed by atoms with Crippen molar-refractivity contribution < 1.29 is 14.2 Å². The minimum absolute atomic E-state index is 0.657. The smallest absolute Gasteiger partial charge is 0.0701 e. The second-order valence-electron chi connectivity index (χ2n) is 4.51. The summed E-state index contributed by atoms with van der Waals surface area (Å²) in [5.41, 5.74) is 0. The van der Waals surface area contributed by atoms with E-state index < -0.39 is 0 Å². The van der Waals surface area contributed by atoms with Crippen LogP contribution in [0.4, 0.5) is 0 Å². The van der Waals surface area contributed by atoms with Gasteiger partial charge in [0.15, 0.2) is 0 Å². The van der Waals surface area contributed by atoms with Crippen molar-refractivity contribution in [3.05, 3.63) is 0 Å². The average Bonchev–Trinajstić information content (AvgIpc) is 2.61. The summed E-state index contributed by atoms with van der Waals surface area (Å²) in [5.74, 6) is 0. The lowest BCUT2D eigenvalue weighted by molar-refractivity contribution is 0.0227. The summed E-state index contributed by atoms with van der Waals surface area (Å²) in [6, 6.07) is 0.659. The Morgan fingerprint density at radius 2 is 1.71 bits per heavy atom. The van der Waals surface area contributed by atoms with Crippen LogP contribution in [0.2, 0.25) is 0 Å². The number of methoxy groups -OCH3 is 1. The molecule has 0 aromatic heterocycles. The molecule has 1 rings (SSSR count). The molecule has 0 aromatic rings. The molecular formula is C13H27NO3. The maximum Gasteiger partial charge on any atom is 0.0701 e. The zero-order chi connectivity index (χ0) is 12.2. The number of nitrogens with one attached hydrogen (secondary N) is 1. The molecule has 0 amide bonds. The van der Waals surface area contributed by atoms with E-state index in [-0.39, 0.29) is 0 Å². The van der Waals surface area contributed by atoms with Gasteiger partial charge >= 0.3 is 0 Å². The van der Waals surface area contributed by atoms with Gasteiger partial charge in [-0.05, 0) is 25.8 Å². The van der Waals surface area contributed by atoms with Gasteiger partial charge in [-0.3, -0.25) is 0 Å². The van der Waals surface area contributed by atoms with Crippen LogP contribution < -0.4 is 5.32 Å². The molecule has 17 heavy (non-hydrogen) atoms. The minimum Gasteiger partial charge on any atom is -0.382 e. The first kappa shape index (κ1) is 14.9. The topological polar surface area (TPSA) is 39.7 Å². The van der Waals surface area contributed by atoms with E-state index in [1.807, 2.05) is 0 Å². The Bertz CT molecular complexity index is 159. The monoisotopic (exact) mass is 245 g/mol. The number of hydrogen-bond acceptors (Lipinski definition) is 4. The largest absolute Gasteiger partial charge is 0.382 e. The Balaban J connectivity index is 1.82. The van der Waals surface area contributed by atoms with Crippen LogP contribution in [0.5, 0.6) is 0 Å². The Kier molecular flexibility index (Phi) is 9.61. The maximum atomic E-state index is 5.55. The highest BCUT2D eigenvalue weighted by atomic mass is 16.5. The molecule has 0 aliphatic carbocycles.